The smallest absolute Gasteiger partial charge is 0.261 e. The number of thiophene rings is 1. The summed E-state index contributed by atoms with van der Waals surface area (Å²) < 4.78 is 13.8. The number of nitrogens with one attached hydrogen (secondary N) is 1. The van der Waals surface area contributed by atoms with E-state index in [9.17, 15) is 9.18 Å². The van der Waals surface area contributed by atoms with Gasteiger partial charge in [-0.15, -0.1) is 11.3 Å². The van der Waals surface area contributed by atoms with Gasteiger partial charge < -0.3 is 10.2 Å². The topological polar surface area (TPSA) is 35.6 Å². The fourth-order valence-corrected chi connectivity index (χ4v) is 3.56. The van der Waals surface area contributed by atoms with Crippen molar-refractivity contribution in [3.63, 3.8) is 0 Å². The van der Waals surface area contributed by atoms with Gasteiger partial charge in [0.1, 0.15) is 5.82 Å². The Balaban J connectivity index is 1.35. The highest BCUT2D eigenvalue weighted by atomic mass is 32.1. The molecule has 0 atom stereocenters. The van der Waals surface area contributed by atoms with Crippen LogP contribution >= 0.6 is 11.3 Å². The second kappa shape index (κ2) is 8.26. The minimum Gasteiger partial charge on any atom is -0.367 e. The first-order chi connectivity index (χ1) is 11.7. The highest BCUT2D eigenvalue weighted by Crippen LogP contribution is 2.20. The lowest BCUT2D eigenvalue weighted by atomic mass is 10.2. The van der Waals surface area contributed by atoms with Crippen LogP contribution < -0.4 is 10.2 Å². The van der Waals surface area contributed by atoms with E-state index < -0.39 is 0 Å². The minimum atomic E-state index is -0.151. The first-order valence-corrected chi connectivity index (χ1v) is 9.15. The van der Waals surface area contributed by atoms with Gasteiger partial charge in [0.2, 0.25) is 0 Å². The standard InChI is InChI=1S/C18H22FN3OS/c19-15-5-1-2-6-16(15)22-12-10-21(11-13-22)9-4-8-20-18(23)17-7-3-14-24-17/h1-3,5-7,14H,4,8-13H2,(H,20,23). The van der Waals surface area contributed by atoms with Crippen molar-refractivity contribution in [2.24, 2.45) is 0 Å². The maximum Gasteiger partial charge on any atom is 0.261 e. The fraction of sp³-hybridized carbons (Fsp3) is 0.389. The van der Waals surface area contributed by atoms with Crippen molar-refractivity contribution in [3.8, 4) is 0 Å². The molecule has 3 rings (SSSR count). The number of carbonyl (C=O) groups is 1. The van der Waals surface area contributed by atoms with Gasteiger partial charge in [-0.25, -0.2) is 4.39 Å². The molecule has 1 fully saturated rings. The predicted molar refractivity (Wildman–Crippen MR) is 96.3 cm³/mol. The number of carbonyl (C=O) groups excluding carboxylic acids is 1. The Morgan fingerprint density at radius 2 is 1.92 bits per heavy atom. The highest BCUT2D eigenvalue weighted by molar-refractivity contribution is 7.12. The van der Waals surface area contributed by atoms with Gasteiger partial charge in [0, 0.05) is 32.7 Å². The molecule has 0 bridgehead atoms. The van der Waals surface area contributed by atoms with Crippen LogP contribution in [0, 0.1) is 5.82 Å². The van der Waals surface area contributed by atoms with Crippen molar-refractivity contribution in [2.45, 2.75) is 6.42 Å². The molecule has 1 aromatic carbocycles. The molecule has 1 N–H and O–H groups in total. The molecule has 1 aromatic heterocycles. The van der Waals surface area contributed by atoms with Gasteiger partial charge in [-0.3, -0.25) is 9.69 Å². The van der Waals surface area contributed by atoms with E-state index in [2.05, 4.69) is 15.1 Å². The van der Waals surface area contributed by atoms with E-state index in [1.54, 1.807) is 6.07 Å². The van der Waals surface area contributed by atoms with Gasteiger partial charge in [0.15, 0.2) is 0 Å². The van der Waals surface area contributed by atoms with E-state index in [0.717, 1.165) is 44.0 Å². The Morgan fingerprint density at radius 3 is 2.62 bits per heavy atom. The molecule has 1 aliphatic heterocycles. The summed E-state index contributed by atoms with van der Waals surface area (Å²) in [4.78, 5) is 17.1. The van der Waals surface area contributed by atoms with Crippen LogP contribution in [0.25, 0.3) is 0 Å². The zero-order chi connectivity index (χ0) is 16.8. The summed E-state index contributed by atoms with van der Waals surface area (Å²) in [6, 6.07) is 10.7. The maximum absolute atomic E-state index is 13.8. The summed E-state index contributed by atoms with van der Waals surface area (Å²) in [6.45, 7) is 5.16. The molecule has 1 amide bonds. The Hall–Kier alpha value is -1.92. The molecule has 4 nitrogen and oxygen atoms in total. The first-order valence-electron chi connectivity index (χ1n) is 8.27. The summed E-state index contributed by atoms with van der Waals surface area (Å²) >= 11 is 1.46. The number of piperazine rings is 1. The van der Waals surface area contributed by atoms with E-state index in [-0.39, 0.29) is 11.7 Å². The van der Waals surface area contributed by atoms with Crippen LogP contribution in [-0.4, -0.2) is 50.1 Å². The van der Waals surface area contributed by atoms with Crippen LogP contribution in [0.2, 0.25) is 0 Å². The summed E-state index contributed by atoms with van der Waals surface area (Å²) in [5.41, 5.74) is 0.695. The molecule has 0 saturated carbocycles. The summed E-state index contributed by atoms with van der Waals surface area (Å²) in [5, 5.41) is 4.86. The average Bonchev–Trinajstić information content (AvgIpc) is 3.14. The van der Waals surface area contributed by atoms with Crippen LogP contribution in [0.4, 0.5) is 10.1 Å². The fourth-order valence-electron chi connectivity index (χ4n) is 2.92. The van der Waals surface area contributed by atoms with Gasteiger partial charge in [-0.05, 0) is 36.5 Å². The van der Waals surface area contributed by atoms with Crippen molar-refractivity contribution in [1.29, 1.82) is 0 Å². The SMILES string of the molecule is O=C(NCCCN1CCN(c2ccccc2F)CC1)c1cccs1. The minimum absolute atomic E-state index is 0.00868. The molecule has 0 radical (unpaired) electrons. The van der Waals surface area contributed by atoms with Crippen LogP contribution in [0.5, 0.6) is 0 Å². The van der Waals surface area contributed by atoms with E-state index in [0.29, 0.717) is 12.2 Å². The molecule has 6 heteroatoms. The van der Waals surface area contributed by atoms with Crippen LogP contribution in [0.1, 0.15) is 16.1 Å². The molecule has 1 saturated heterocycles. The number of hydrogen-bond acceptors (Lipinski definition) is 4. The van der Waals surface area contributed by atoms with E-state index in [4.69, 9.17) is 0 Å². The van der Waals surface area contributed by atoms with Crippen molar-refractivity contribution < 1.29 is 9.18 Å². The highest BCUT2D eigenvalue weighted by Gasteiger charge is 2.18. The molecule has 128 valence electrons. The molecular formula is C18H22FN3OS. The largest absolute Gasteiger partial charge is 0.367 e. The second-order valence-electron chi connectivity index (χ2n) is 5.87. The predicted octanol–water partition coefficient (Wildman–Crippen LogP) is 2.83. The monoisotopic (exact) mass is 347 g/mol. The first kappa shape index (κ1) is 16.9. The third kappa shape index (κ3) is 4.33. The molecular weight excluding hydrogens is 325 g/mol. The average molecular weight is 347 g/mol. The molecule has 0 unspecified atom stereocenters. The zero-order valence-corrected chi connectivity index (χ0v) is 14.4. The van der Waals surface area contributed by atoms with E-state index in [1.165, 1.54) is 17.4 Å². The Kier molecular flexibility index (Phi) is 5.82. The van der Waals surface area contributed by atoms with Gasteiger partial charge in [0.05, 0.1) is 10.6 Å². The second-order valence-corrected chi connectivity index (χ2v) is 6.81. The summed E-state index contributed by atoms with van der Waals surface area (Å²) in [7, 11) is 0. The number of hydrogen-bond donors (Lipinski definition) is 1. The molecule has 0 spiro atoms. The Labute approximate surface area is 145 Å². The lowest BCUT2D eigenvalue weighted by Gasteiger charge is -2.36. The van der Waals surface area contributed by atoms with Gasteiger partial charge >= 0.3 is 0 Å². The number of amides is 1. The molecule has 24 heavy (non-hydrogen) atoms. The van der Waals surface area contributed by atoms with Gasteiger partial charge in [-0.1, -0.05) is 18.2 Å². The molecule has 2 heterocycles. The number of rotatable bonds is 6. The van der Waals surface area contributed by atoms with Crippen LogP contribution in [0.15, 0.2) is 41.8 Å². The Morgan fingerprint density at radius 1 is 1.12 bits per heavy atom. The maximum atomic E-state index is 13.8. The van der Waals surface area contributed by atoms with Crippen LogP contribution in [0.3, 0.4) is 0 Å². The number of anilines is 1. The molecule has 1 aliphatic rings. The van der Waals surface area contributed by atoms with Crippen molar-refractivity contribution in [3.05, 3.63) is 52.5 Å². The summed E-state index contributed by atoms with van der Waals surface area (Å²) in [5.74, 6) is -0.142. The molecule has 2 aromatic rings. The van der Waals surface area contributed by atoms with Crippen molar-refractivity contribution in [1.82, 2.24) is 10.2 Å². The number of para-hydroxylation sites is 1. The number of benzene rings is 1. The van der Waals surface area contributed by atoms with E-state index >= 15 is 0 Å². The van der Waals surface area contributed by atoms with E-state index in [1.807, 2.05) is 29.6 Å². The van der Waals surface area contributed by atoms with Gasteiger partial charge in [0.25, 0.3) is 5.91 Å². The van der Waals surface area contributed by atoms with Crippen LogP contribution in [-0.2, 0) is 0 Å². The number of nitrogens with zero attached hydrogens (tertiary/aromatic N) is 2. The quantitative estimate of drug-likeness (QED) is 0.816. The number of halogens is 1. The third-order valence-corrected chi connectivity index (χ3v) is 5.12. The Bertz CT molecular complexity index is 654. The van der Waals surface area contributed by atoms with Gasteiger partial charge in [-0.2, -0.15) is 0 Å². The normalized spacial score (nSPS) is 15.5. The lowest BCUT2D eigenvalue weighted by molar-refractivity contribution is 0.0955. The zero-order valence-electron chi connectivity index (χ0n) is 13.6. The summed E-state index contributed by atoms with van der Waals surface area (Å²) in [6.07, 6.45) is 0.927. The lowest BCUT2D eigenvalue weighted by Crippen LogP contribution is -2.47. The molecule has 0 aliphatic carbocycles. The van der Waals surface area contributed by atoms with Crippen molar-refractivity contribution in [2.75, 3.05) is 44.2 Å². The third-order valence-electron chi connectivity index (χ3n) is 4.25. The van der Waals surface area contributed by atoms with Crippen molar-refractivity contribution >= 4 is 22.9 Å².